The number of esters is 1. The first-order chi connectivity index (χ1) is 10.7. The third-order valence-corrected chi connectivity index (χ3v) is 6.17. The van der Waals surface area contributed by atoms with Gasteiger partial charge in [0.1, 0.15) is 5.56 Å². The average Bonchev–Trinajstić information content (AvgIpc) is 2.85. The van der Waals surface area contributed by atoms with Gasteiger partial charge in [0.2, 0.25) is 0 Å². The third kappa shape index (κ3) is 2.42. The van der Waals surface area contributed by atoms with Crippen LogP contribution in [0.2, 0.25) is 0 Å². The molecule has 0 bridgehead atoms. The molecule has 0 aromatic carbocycles. The molecule has 1 saturated carbocycles. The highest BCUT2D eigenvalue weighted by Gasteiger charge is 2.64. The summed E-state index contributed by atoms with van der Waals surface area (Å²) < 4.78 is 5.36. The molecule has 1 N–H and O–H groups in total. The van der Waals surface area contributed by atoms with Crippen molar-refractivity contribution in [3.05, 3.63) is 33.2 Å². The lowest BCUT2D eigenvalue weighted by Crippen LogP contribution is -2.26. The maximum Gasteiger partial charge on any atom is 0.343 e. The fraction of sp³-hybridized carbons (Fsp3) is 0.611. The molecule has 0 aliphatic heterocycles. The molecule has 124 valence electrons. The summed E-state index contributed by atoms with van der Waals surface area (Å²) in [6.45, 7) is 8.89. The van der Waals surface area contributed by atoms with E-state index < -0.39 is 11.5 Å². The van der Waals surface area contributed by atoms with Gasteiger partial charge in [0.25, 0.3) is 5.56 Å². The number of pyridine rings is 1. The number of carbonyl (C=O) groups is 2. The van der Waals surface area contributed by atoms with Crippen molar-refractivity contribution in [1.82, 2.24) is 4.98 Å². The fourth-order valence-corrected chi connectivity index (χ4v) is 3.71. The number of carbonyl (C=O) groups excluding carboxylic acids is 2. The normalized spacial score (nSPS) is 21.7. The molecule has 0 amide bonds. The van der Waals surface area contributed by atoms with E-state index in [1.165, 1.54) is 6.07 Å². The summed E-state index contributed by atoms with van der Waals surface area (Å²) in [4.78, 5) is 39.0. The van der Waals surface area contributed by atoms with Crippen LogP contribution in [0.4, 0.5) is 0 Å². The molecule has 1 fully saturated rings. The second-order valence-corrected chi connectivity index (χ2v) is 7.78. The molecule has 0 unspecified atom stereocenters. The van der Waals surface area contributed by atoms with E-state index in [4.69, 9.17) is 4.74 Å². The minimum absolute atomic E-state index is 0.0268. The van der Waals surface area contributed by atoms with Crippen LogP contribution in [-0.2, 0) is 11.2 Å². The van der Waals surface area contributed by atoms with Crippen LogP contribution in [0, 0.1) is 16.7 Å². The standard InChI is InChI=1S/C18H23NO4/c1-17(2)14(18(17,3)4)9-23-16(22)11-8-10-12(19-15(11)21)6-5-7-13(10)20/h8,14H,5-7,9H2,1-4H3,(H,19,21). The van der Waals surface area contributed by atoms with E-state index in [9.17, 15) is 14.4 Å². The van der Waals surface area contributed by atoms with Crippen molar-refractivity contribution in [2.24, 2.45) is 16.7 Å². The first kappa shape index (κ1) is 16.0. The Morgan fingerprint density at radius 2 is 1.87 bits per heavy atom. The molecular weight excluding hydrogens is 294 g/mol. The van der Waals surface area contributed by atoms with Crippen molar-refractivity contribution >= 4 is 11.8 Å². The van der Waals surface area contributed by atoms with Gasteiger partial charge in [-0.1, -0.05) is 27.7 Å². The Kier molecular flexibility index (Phi) is 3.50. The highest BCUT2D eigenvalue weighted by molar-refractivity contribution is 6.00. The number of aromatic nitrogens is 1. The first-order valence-electron chi connectivity index (χ1n) is 8.13. The predicted molar refractivity (Wildman–Crippen MR) is 85.7 cm³/mol. The van der Waals surface area contributed by atoms with Crippen molar-refractivity contribution in [3.8, 4) is 0 Å². The molecule has 1 aromatic heterocycles. The van der Waals surface area contributed by atoms with Crippen LogP contribution >= 0.6 is 0 Å². The second kappa shape index (κ2) is 5.05. The van der Waals surface area contributed by atoms with Gasteiger partial charge in [0, 0.05) is 23.6 Å². The van der Waals surface area contributed by atoms with Crippen LogP contribution in [-0.4, -0.2) is 23.3 Å². The summed E-state index contributed by atoms with van der Waals surface area (Å²) in [7, 11) is 0. The number of aromatic amines is 1. The molecule has 1 heterocycles. The Morgan fingerprint density at radius 1 is 1.22 bits per heavy atom. The van der Waals surface area contributed by atoms with Gasteiger partial charge in [-0.2, -0.15) is 0 Å². The van der Waals surface area contributed by atoms with Crippen LogP contribution in [0.25, 0.3) is 0 Å². The van der Waals surface area contributed by atoms with Crippen LogP contribution < -0.4 is 5.56 Å². The molecule has 5 nitrogen and oxygen atoms in total. The molecule has 0 atom stereocenters. The van der Waals surface area contributed by atoms with Crippen molar-refractivity contribution in [1.29, 1.82) is 0 Å². The van der Waals surface area contributed by atoms with Crippen LogP contribution in [0.15, 0.2) is 10.9 Å². The third-order valence-electron chi connectivity index (χ3n) is 6.17. The van der Waals surface area contributed by atoms with Gasteiger partial charge in [-0.05, 0) is 29.7 Å². The summed E-state index contributed by atoms with van der Waals surface area (Å²) in [5.74, 6) is -0.399. The highest BCUT2D eigenvalue weighted by atomic mass is 16.5. The molecule has 23 heavy (non-hydrogen) atoms. The second-order valence-electron chi connectivity index (χ2n) is 7.78. The molecule has 0 spiro atoms. The average molecular weight is 317 g/mol. The molecule has 0 radical (unpaired) electrons. The fourth-order valence-electron chi connectivity index (χ4n) is 3.71. The van der Waals surface area contributed by atoms with Gasteiger partial charge in [-0.3, -0.25) is 9.59 Å². The van der Waals surface area contributed by atoms with E-state index in [2.05, 4.69) is 32.7 Å². The van der Waals surface area contributed by atoms with Crippen molar-refractivity contribution in [2.75, 3.05) is 6.61 Å². The number of hydrogen-bond donors (Lipinski definition) is 1. The maximum atomic E-state index is 12.3. The molecule has 0 saturated heterocycles. The van der Waals surface area contributed by atoms with E-state index >= 15 is 0 Å². The van der Waals surface area contributed by atoms with Gasteiger partial charge in [0.15, 0.2) is 5.78 Å². The summed E-state index contributed by atoms with van der Waals surface area (Å²) in [6.07, 6.45) is 1.85. The van der Waals surface area contributed by atoms with E-state index in [1.807, 2.05) is 0 Å². The Morgan fingerprint density at radius 3 is 2.48 bits per heavy atom. The lowest BCUT2D eigenvalue weighted by atomic mass is 9.94. The van der Waals surface area contributed by atoms with Gasteiger partial charge in [0.05, 0.1) is 6.61 Å². The monoisotopic (exact) mass is 317 g/mol. The number of hydrogen-bond acceptors (Lipinski definition) is 4. The number of fused-ring (bicyclic) bond motifs is 1. The topological polar surface area (TPSA) is 76.2 Å². The van der Waals surface area contributed by atoms with Gasteiger partial charge in [-0.15, -0.1) is 0 Å². The van der Waals surface area contributed by atoms with Gasteiger partial charge >= 0.3 is 5.97 Å². The number of Topliss-reactive ketones (excluding diaryl/α,β-unsaturated/α-hetero) is 1. The lowest BCUT2D eigenvalue weighted by molar-refractivity contribution is 0.0463. The molecular formula is C18H23NO4. The van der Waals surface area contributed by atoms with Crippen molar-refractivity contribution in [3.63, 3.8) is 0 Å². The largest absolute Gasteiger partial charge is 0.462 e. The number of nitrogens with one attached hydrogen (secondary N) is 1. The zero-order valence-corrected chi connectivity index (χ0v) is 14.1. The van der Waals surface area contributed by atoms with E-state index in [1.54, 1.807) is 0 Å². The number of H-pyrrole nitrogens is 1. The summed E-state index contributed by atoms with van der Waals surface area (Å²) in [5.41, 5.74) is 0.770. The number of aryl methyl sites for hydroxylation is 1. The molecule has 3 rings (SSSR count). The molecule has 1 aromatic rings. The molecule has 2 aliphatic carbocycles. The number of ether oxygens (including phenoxy) is 1. The van der Waals surface area contributed by atoms with E-state index in [0.29, 0.717) is 30.7 Å². The van der Waals surface area contributed by atoms with Gasteiger partial charge < -0.3 is 9.72 Å². The van der Waals surface area contributed by atoms with E-state index in [0.717, 1.165) is 6.42 Å². The lowest BCUT2D eigenvalue weighted by Gasteiger charge is -2.15. The highest BCUT2D eigenvalue weighted by Crippen LogP contribution is 2.68. The van der Waals surface area contributed by atoms with E-state index in [-0.39, 0.29) is 28.1 Å². The Hall–Kier alpha value is -1.91. The predicted octanol–water partition coefficient (Wildman–Crippen LogP) is 2.73. The Labute approximate surface area is 135 Å². The van der Waals surface area contributed by atoms with Crippen LogP contribution in [0.1, 0.15) is 66.9 Å². The van der Waals surface area contributed by atoms with Crippen molar-refractivity contribution in [2.45, 2.75) is 47.0 Å². The molecule has 5 heteroatoms. The Bertz CT molecular complexity index is 728. The summed E-state index contributed by atoms with van der Waals surface area (Å²) in [6, 6.07) is 1.40. The number of rotatable bonds is 3. The van der Waals surface area contributed by atoms with Crippen LogP contribution in [0.3, 0.4) is 0 Å². The van der Waals surface area contributed by atoms with Crippen LogP contribution in [0.5, 0.6) is 0 Å². The molecule has 2 aliphatic rings. The minimum Gasteiger partial charge on any atom is -0.462 e. The smallest absolute Gasteiger partial charge is 0.343 e. The SMILES string of the molecule is CC1(C)C(COC(=O)c2cc3c([nH]c2=O)CCCC3=O)C1(C)C. The zero-order valence-electron chi connectivity index (χ0n) is 14.1. The maximum absolute atomic E-state index is 12.3. The number of ketones is 1. The quantitative estimate of drug-likeness (QED) is 0.870. The summed E-state index contributed by atoms with van der Waals surface area (Å²) in [5, 5.41) is 0. The zero-order chi connectivity index (χ0) is 17.0. The van der Waals surface area contributed by atoms with Crippen molar-refractivity contribution < 1.29 is 14.3 Å². The minimum atomic E-state index is -0.647. The van der Waals surface area contributed by atoms with Gasteiger partial charge in [-0.25, -0.2) is 4.79 Å². The Balaban J connectivity index is 1.77. The summed E-state index contributed by atoms with van der Waals surface area (Å²) >= 11 is 0. The first-order valence-corrected chi connectivity index (χ1v) is 8.13.